The van der Waals surface area contributed by atoms with E-state index in [-0.39, 0.29) is 27.3 Å². The second-order valence-corrected chi connectivity index (χ2v) is 8.33. The van der Waals surface area contributed by atoms with Crippen molar-refractivity contribution in [2.45, 2.75) is 13.8 Å². The number of para-hydroxylation sites is 1. The number of amides is 3. The molecule has 1 aliphatic heterocycles. The Morgan fingerprint density at radius 3 is 2.30 bits per heavy atom. The summed E-state index contributed by atoms with van der Waals surface area (Å²) in [7, 11) is 0. The minimum absolute atomic E-state index is 0.0895. The van der Waals surface area contributed by atoms with Gasteiger partial charge in [-0.05, 0) is 67.4 Å². The van der Waals surface area contributed by atoms with Gasteiger partial charge in [-0.15, -0.1) is 0 Å². The minimum Gasteiger partial charge on any atom is -0.350 e. The summed E-state index contributed by atoms with van der Waals surface area (Å²) < 4.78 is 0. The topological polar surface area (TPSA) is 78.5 Å². The first-order chi connectivity index (χ1) is 15.8. The van der Waals surface area contributed by atoms with E-state index in [0.717, 1.165) is 16.0 Å². The van der Waals surface area contributed by atoms with Crippen molar-refractivity contribution in [3.8, 4) is 0 Å². The molecule has 8 heteroatoms. The number of nitrogens with zero attached hydrogens (tertiary/aromatic N) is 1. The fourth-order valence-electron chi connectivity index (χ4n) is 3.37. The summed E-state index contributed by atoms with van der Waals surface area (Å²) in [6.07, 6.45) is 0. The number of rotatable bonds is 5. The number of nitrogens with one attached hydrogen (secondary N) is 2. The fourth-order valence-corrected chi connectivity index (χ4v) is 3.80. The van der Waals surface area contributed by atoms with Crippen LogP contribution in [0, 0.1) is 13.8 Å². The van der Waals surface area contributed by atoms with Crippen molar-refractivity contribution in [2.24, 2.45) is 0 Å². The van der Waals surface area contributed by atoms with Crippen LogP contribution in [0.1, 0.15) is 21.5 Å². The van der Waals surface area contributed by atoms with Crippen LogP contribution in [0.4, 0.5) is 17.1 Å². The summed E-state index contributed by atoms with van der Waals surface area (Å²) in [6, 6.07) is 18.7. The molecule has 4 rings (SSSR count). The van der Waals surface area contributed by atoms with Gasteiger partial charge in [-0.1, -0.05) is 47.5 Å². The van der Waals surface area contributed by atoms with Crippen LogP contribution in [0.3, 0.4) is 0 Å². The second-order valence-electron chi connectivity index (χ2n) is 7.55. The van der Waals surface area contributed by atoms with Crippen LogP contribution in [0.25, 0.3) is 0 Å². The number of carbonyl (C=O) groups excluding carboxylic acids is 3. The number of benzene rings is 3. The molecule has 3 aromatic rings. The van der Waals surface area contributed by atoms with Gasteiger partial charge in [-0.2, -0.15) is 0 Å². The third-order valence-corrected chi connectivity index (χ3v) is 5.95. The zero-order valence-corrected chi connectivity index (χ0v) is 19.3. The third kappa shape index (κ3) is 4.49. The Morgan fingerprint density at radius 1 is 0.818 bits per heavy atom. The van der Waals surface area contributed by atoms with E-state index < -0.39 is 11.8 Å². The van der Waals surface area contributed by atoms with Crippen molar-refractivity contribution >= 4 is 58.0 Å². The Morgan fingerprint density at radius 2 is 1.58 bits per heavy atom. The lowest BCUT2D eigenvalue weighted by atomic mass is 10.1. The van der Waals surface area contributed by atoms with Crippen LogP contribution >= 0.6 is 23.2 Å². The highest BCUT2D eigenvalue weighted by molar-refractivity contribution is 6.53. The first-order valence-corrected chi connectivity index (χ1v) is 10.8. The fraction of sp³-hybridized carbons (Fsp3) is 0.0800. The van der Waals surface area contributed by atoms with Gasteiger partial charge in [-0.25, -0.2) is 4.90 Å². The highest BCUT2D eigenvalue weighted by atomic mass is 35.5. The van der Waals surface area contributed by atoms with Crippen molar-refractivity contribution in [3.63, 3.8) is 0 Å². The molecule has 0 unspecified atom stereocenters. The molecule has 0 aliphatic carbocycles. The van der Waals surface area contributed by atoms with E-state index in [9.17, 15) is 14.4 Å². The number of hydrogen-bond acceptors (Lipinski definition) is 4. The quantitative estimate of drug-likeness (QED) is 0.463. The Kier molecular flexibility index (Phi) is 6.22. The van der Waals surface area contributed by atoms with Crippen molar-refractivity contribution in [1.29, 1.82) is 0 Å². The Balaban J connectivity index is 1.55. The molecule has 0 saturated carbocycles. The van der Waals surface area contributed by atoms with Gasteiger partial charge < -0.3 is 10.6 Å². The lowest BCUT2D eigenvalue weighted by Crippen LogP contribution is -2.32. The molecule has 3 amide bonds. The predicted molar refractivity (Wildman–Crippen MR) is 131 cm³/mol. The van der Waals surface area contributed by atoms with Gasteiger partial charge in [0.05, 0.1) is 10.7 Å². The normalized spacial score (nSPS) is 13.5. The van der Waals surface area contributed by atoms with Crippen LogP contribution in [-0.2, 0) is 9.59 Å². The molecule has 1 aliphatic rings. The van der Waals surface area contributed by atoms with E-state index >= 15 is 0 Å². The molecule has 0 saturated heterocycles. The molecule has 0 aromatic heterocycles. The van der Waals surface area contributed by atoms with Gasteiger partial charge in [0.15, 0.2) is 0 Å². The molecule has 2 N–H and O–H groups in total. The molecule has 0 bridgehead atoms. The van der Waals surface area contributed by atoms with Crippen molar-refractivity contribution in [2.75, 3.05) is 15.5 Å². The Bertz CT molecular complexity index is 1330. The van der Waals surface area contributed by atoms with E-state index in [0.29, 0.717) is 16.9 Å². The van der Waals surface area contributed by atoms with Gasteiger partial charge in [0.25, 0.3) is 17.7 Å². The number of halogens is 2. The maximum Gasteiger partial charge on any atom is 0.283 e. The molecular weight excluding hydrogens is 461 g/mol. The molecule has 0 radical (unpaired) electrons. The lowest BCUT2D eigenvalue weighted by Gasteiger charge is -2.16. The van der Waals surface area contributed by atoms with Crippen LogP contribution in [0.2, 0.25) is 5.02 Å². The average Bonchev–Trinajstić information content (AvgIpc) is 3.00. The zero-order valence-electron chi connectivity index (χ0n) is 17.8. The van der Waals surface area contributed by atoms with Crippen molar-refractivity contribution in [1.82, 2.24) is 0 Å². The Hall–Kier alpha value is -3.61. The monoisotopic (exact) mass is 479 g/mol. The van der Waals surface area contributed by atoms with E-state index in [2.05, 4.69) is 10.6 Å². The number of imide groups is 1. The molecule has 6 nitrogen and oxygen atoms in total. The summed E-state index contributed by atoms with van der Waals surface area (Å²) in [5.74, 6) is -1.63. The molecular formula is C25H19Cl2N3O3. The lowest BCUT2D eigenvalue weighted by molar-refractivity contribution is -0.120. The standard InChI is InChI=1S/C25H19Cl2N3O3/c1-14-10-11-18(12-15(14)2)29-23(31)16-6-5-7-17(13-16)28-22-21(27)24(32)30(25(22)33)20-9-4-3-8-19(20)26/h3-13,28H,1-2H3,(H,29,31). The third-order valence-electron chi connectivity index (χ3n) is 5.28. The number of aryl methyl sites for hydroxylation is 2. The van der Waals surface area contributed by atoms with E-state index in [1.54, 1.807) is 48.5 Å². The summed E-state index contributed by atoms with van der Waals surface area (Å²) in [6.45, 7) is 3.97. The first-order valence-electron chi connectivity index (χ1n) is 10.0. The molecule has 166 valence electrons. The van der Waals surface area contributed by atoms with Crippen LogP contribution in [0.5, 0.6) is 0 Å². The van der Waals surface area contributed by atoms with Crippen LogP contribution in [-0.4, -0.2) is 17.7 Å². The number of hydrogen-bond donors (Lipinski definition) is 2. The maximum absolute atomic E-state index is 13.0. The molecule has 33 heavy (non-hydrogen) atoms. The predicted octanol–water partition coefficient (Wildman–Crippen LogP) is 5.64. The molecule has 3 aromatic carbocycles. The maximum atomic E-state index is 13.0. The summed E-state index contributed by atoms with van der Waals surface area (Å²) in [5, 5.41) is 5.72. The highest BCUT2D eigenvalue weighted by Crippen LogP contribution is 2.34. The largest absolute Gasteiger partial charge is 0.350 e. The SMILES string of the molecule is Cc1ccc(NC(=O)c2cccc(NC3=C(Cl)C(=O)N(c4ccccc4Cl)C3=O)c2)cc1C. The van der Waals surface area contributed by atoms with E-state index in [1.165, 1.54) is 0 Å². The van der Waals surface area contributed by atoms with Crippen LogP contribution < -0.4 is 15.5 Å². The van der Waals surface area contributed by atoms with Gasteiger partial charge in [0.2, 0.25) is 0 Å². The second kappa shape index (κ2) is 9.10. The smallest absolute Gasteiger partial charge is 0.283 e. The van der Waals surface area contributed by atoms with E-state index in [1.807, 2.05) is 32.0 Å². The Labute approximate surface area is 200 Å². The zero-order chi connectivity index (χ0) is 23.7. The number of carbonyl (C=O) groups is 3. The van der Waals surface area contributed by atoms with Crippen molar-refractivity contribution in [3.05, 3.63) is 99.2 Å². The summed E-state index contributed by atoms with van der Waals surface area (Å²) >= 11 is 12.3. The van der Waals surface area contributed by atoms with Gasteiger partial charge in [0, 0.05) is 16.9 Å². The first kappa shape index (κ1) is 22.6. The van der Waals surface area contributed by atoms with Gasteiger partial charge in [-0.3, -0.25) is 14.4 Å². The summed E-state index contributed by atoms with van der Waals surface area (Å²) in [5.41, 5.74) is 3.83. The van der Waals surface area contributed by atoms with Crippen LogP contribution in [0.15, 0.2) is 77.5 Å². The molecule has 0 spiro atoms. The molecule has 1 heterocycles. The van der Waals surface area contributed by atoms with Crippen molar-refractivity contribution < 1.29 is 14.4 Å². The number of anilines is 3. The minimum atomic E-state index is -0.680. The highest BCUT2D eigenvalue weighted by Gasteiger charge is 2.39. The molecule has 0 fully saturated rings. The summed E-state index contributed by atoms with van der Waals surface area (Å²) in [4.78, 5) is 39.3. The van der Waals surface area contributed by atoms with Gasteiger partial charge in [0.1, 0.15) is 10.7 Å². The molecule has 0 atom stereocenters. The van der Waals surface area contributed by atoms with E-state index in [4.69, 9.17) is 23.2 Å². The average molecular weight is 480 g/mol. The van der Waals surface area contributed by atoms with Gasteiger partial charge >= 0.3 is 0 Å².